The van der Waals surface area contributed by atoms with Gasteiger partial charge in [-0.2, -0.15) is 0 Å². The van der Waals surface area contributed by atoms with Gasteiger partial charge >= 0.3 is 0 Å². The minimum atomic E-state index is -0.0941. The van der Waals surface area contributed by atoms with Crippen LogP contribution in [-0.2, 0) is 4.79 Å². The number of nitrogens with one attached hydrogen (secondary N) is 1. The summed E-state index contributed by atoms with van der Waals surface area (Å²) in [5, 5.41) is 2.69. The highest BCUT2D eigenvalue weighted by molar-refractivity contribution is 5.92. The number of likely N-dealkylation sites (N-methyl/N-ethyl adjacent to an activating group) is 1. The van der Waals surface area contributed by atoms with Crippen molar-refractivity contribution in [1.82, 2.24) is 5.32 Å². The molecule has 0 unspecified atom stereocenters. The fourth-order valence-corrected chi connectivity index (χ4v) is 1.20. The number of rotatable bonds is 4. The Morgan fingerprint density at radius 1 is 1.47 bits per heavy atom. The third-order valence-corrected chi connectivity index (χ3v) is 1.90. The van der Waals surface area contributed by atoms with Gasteiger partial charge in [0.25, 0.3) is 0 Å². The van der Waals surface area contributed by atoms with Gasteiger partial charge in [-0.25, -0.2) is 0 Å². The van der Waals surface area contributed by atoms with E-state index in [1.165, 1.54) is 6.08 Å². The molecule has 1 rings (SSSR count). The van der Waals surface area contributed by atoms with Crippen molar-refractivity contribution in [2.45, 2.75) is 6.92 Å². The highest BCUT2D eigenvalue weighted by Gasteiger charge is 1.97. The lowest BCUT2D eigenvalue weighted by Crippen LogP contribution is -2.19. The van der Waals surface area contributed by atoms with Crippen LogP contribution < -0.4 is 10.1 Å². The summed E-state index contributed by atoms with van der Waals surface area (Å²) >= 11 is 0. The van der Waals surface area contributed by atoms with E-state index in [0.29, 0.717) is 6.54 Å². The SMILES string of the molecule is CCNC(=O)C=Cc1ccccc1OC. The van der Waals surface area contributed by atoms with Crippen LogP contribution in [0.3, 0.4) is 0 Å². The van der Waals surface area contributed by atoms with Crippen LogP contribution in [0.4, 0.5) is 0 Å². The Labute approximate surface area is 89.8 Å². The molecule has 0 saturated carbocycles. The second kappa shape index (κ2) is 5.86. The number of hydrogen-bond donors (Lipinski definition) is 1. The van der Waals surface area contributed by atoms with E-state index < -0.39 is 0 Å². The summed E-state index contributed by atoms with van der Waals surface area (Å²) in [6.45, 7) is 2.52. The minimum Gasteiger partial charge on any atom is -0.496 e. The molecule has 80 valence electrons. The van der Waals surface area contributed by atoms with E-state index in [1.54, 1.807) is 13.2 Å². The molecule has 0 aliphatic carbocycles. The Kier molecular flexibility index (Phi) is 4.41. The lowest BCUT2D eigenvalue weighted by molar-refractivity contribution is -0.116. The maximum absolute atomic E-state index is 11.2. The smallest absolute Gasteiger partial charge is 0.243 e. The number of ether oxygens (including phenoxy) is 1. The zero-order valence-electron chi connectivity index (χ0n) is 8.99. The topological polar surface area (TPSA) is 38.3 Å². The van der Waals surface area contributed by atoms with Gasteiger partial charge in [0, 0.05) is 18.2 Å². The molecule has 0 spiro atoms. The first-order valence-electron chi connectivity index (χ1n) is 4.87. The Hall–Kier alpha value is -1.77. The summed E-state index contributed by atoms with van der Waals surface area (Å²) < 4.78 is 5.15. The van der Waals surface area contributed by atoms with Crippen LogP contribution in [0.25, 0.3) is 6.08 Å². The third kappa shape index (κ3) is 3.46. The van der Waals surface area contributed by atoms with Gasteiger partial charge in [0.1, 0.15) is 5.75 Å². The van der Waals surface area contributed by atoms with E-state index in [-0.39, 0.29) is 5.91 Å². The van der Waals surface area contributed by atoms with Gasteiger partial charge in [-0.15, -0.1) is 0 Å². The summed E-state index contributed by atoms with van der Waals surface area (Å²) in [7, 11) is 1.61. The quantitative estimate of drug-likeness (QED) is 0.762. The summed E-state index contributed by atoms with van der Waals surface area (Å²) in [6, 6.07) is 7.55. The zero-order valence-corrected chi connectivity index (χ0v) is 8.99. The molecule has 0 heterocycles. The van der Waals surface area contributed by atoms with Crippen molar-refractivity contribution in [3.63, 3.8) is 0 Å². The minimum absolute atomic E-state index is 0.0941. The van der Waals surface area contributed by atoms with Crippen molar-refractivity contribution in [2.75, 3.05) is 13.7 Å². The molecular weight excluding hydrogens is 190 g/mol. The second-order valence-electron chi connectivity index (χ2n) is 2.97. The monoisotopic (exact) mass is 205 g/mol. The highest BCUT2D eigenvalue weighted by atomic mass is 16.5. The molecule has 0 aliphatic rings. The van der Waals surface area contributed by atoms with Crippen molar-refractivity contribution >= 4 is 12.0 Å². The molecule has 0 fully saturated rings. The molecule has 1 N–H and O–H groups in total. The van der Waals surface area contributed by atoms with Crippen molar-refractivity contribution in [3.05, 3.63) is 35.9 Å². The first-order chi connectivity index (χ1) is 7.27. The molecule has 0 saturated heterocycles. The maximum atomic E-state index is 11.2. The van der Waals surface area contributed by atoms with E-state index in [2.05, 4.69) is 5.32 Å². The number of amides is 1. The Morgan fingerprint density at radius 3 is 2.87 bits per heavy atom. The van der Waals surface area contributed by atoms with Crippen LogP contribution in [0.15, 0.2) is 30.3 Å². The van der Waals surface area contributed by atoms with Gasteiger partial charge in [-0.1, -0.05) is 18.2 Å². The largest absolute Gasteiger partial charge is 0.496 e. The molecule has 0 bridgehead atoms. The fraction of sp³-hybridized carbons (Fsp3) is 0.250. The van der Waals surface area contributed by atoms with Crippen LogP contribution >= 0.6 is 0 Å². The first kappa shape index (κ1) is 11.3. The molecule has 1 aromatic carbocycles. The lowest BCUT2D eigenvalue weighted by Gasteiger charge is -2.03. The normalized spacial score (nSPS) is 10.3. The lowest BCUT2D eigenvalue weighted by atomic mass is 10.2. The van der Waals surface area contributed by atoms with E-state index in [4.69, 9.17) is 4.74 Å². The molecule has 0 atom stereocenters. The van der Waals surface area contributed by atoms with Crippen LogP contribution in [0, 0.1) is 0 Å². The van der Waals surface area contributed by atoms with Gasteiger partial charge in [0.2, 0.25) is 5.91 Å². The number of carbonyl (C=O) groups excluding carboxylic acids is 1. The van der Waals surface area contributed by atoms with Gasteiger partial charge < -0.3 is 10.1 Å². The van der Waals surface area contributed by atoms with Crippen LogP contribution in [0.5, 0.6) is 5.75 Å². The van der Waals surface area contributed by atoms with E-state index in [0.717, 1.165) is 11.3 Å². The van der Waals surface area contributed by atoms with Gasteiger partial charge in [-0.3, -0.25) is 4.79 Å². The summed E-state index contributed by atoms with van der Waals surface area (Å²) in [5.41, 5.74) is 0.895. The number of para-hydroxylation sites is 1. The van der Waals surface area contributed by atoms with Crippen molar-refractivity contribution in [1.29, 1.82) is 0 Å². The number of hydrogen-bond acceptors (Lipinski definition) is 2. The molecular formula is C12H15NO2. The number of methoxy groups -OCH3 is 1. The predicted octanol–water partition coefficient (Wildman–Crippen LogP) is 1.84. The van der Waals surface area contributed by atoms with Gasteiger partial charge in [0.05, 0.1) is 7.11 Å². The van der Waals surface area contributed by atoms with Crippen LogP contribution in [0.1, 0.15) is 12.5 Å². The number of carbonyl (C=O) groups is 1. The zero-order chi connectivity index (χ0) is 11.1. The fourth-order valence-electron chi connectivity index (χ4n) is 1.20. The molecule has 0 aliphatic heterocycles. The highest BCUT2D eigenvalue weighted by Crippen LogP contribution is 2.18. The van der Waals surface area contributed by atoms with E-state index >= 15 is 0 Å². The maximum Gasteiger partial charge on any atom is 0.243 e. The van der Waals surface area contributed by atoms with Crippen molar-refractivity contribution in [3.8, 4) is 5.75 Å². The van der Waals surface area contributed by atoms with E-state index in [1.807, 2.05) is 31.2 Å². The molecule has 15 heavy (non-hydrogen) atoms. The standard InChI is InChI=1S/C12H15NO2/c1-3-13-12(14)9-8-10-6-4-5-7-11(10)15-2/h4-9H,3H2,1-2H3,(H,13,14). The van der Waals surface area contributed by atoms with Gasteiger partial charge in [-0.05, 0) is 19.1 Å². The summed E-state index contributed by atoms with van der Waals surface area (Å²) in [4.78, 5) is 11.2. The summed E-state index contributed by atoms with van der Waals surface area (Å²) in [5.74, 6) is 0.668. The predicted molar refractivity (Wildman–Crippen MR) is 60.7 cm³/mol. The van der Waals surface area contributed by atoms with Crippen molar-refractivity contribution < 1.29 is 9.53 Å². The van der Waals surface area contributed by atoms with Crippen molar-refractivity contribution in [2.24, 2.45) is 0 Å². The molecule has 3 heteroatoms. The van der Waals surface area contributed by atoms with Gasteiger partial charge in [0.15, 0.2) is 0 Å². The Bertz CT molecular complexity index is 358. The summed E-state index contributed by atoms with van der Waals surface area (Å²) in [6.07, 6.45) is 3.24. The van der Waals surface area contributed by atoms with Crippen LogP contribution in [0.2, 0.25) is 0 Å². The molecule has 0 aromatic heterocycles. The third-order valence-electron chi connectivity index (χ3n) is 1.90. The van der Waals surface area contributed by atoms with Crippen LogP contribution in [-0.4, -0.2) is 19.6 Å². The van der Waals surface area contributed by atoms with E-state index in [9.17, 15) is 4.79 Å². The molecule has 1 aromatic rings. The number of benzene rings is 1. The second-order valence-corrected chi connectivity index (χ2v) is 2.97. The average Bonchev–Trinajstić information content (AvgIpc) is 2.27. The average molecular weight is 205 g/mol. The Balaban J connectivity index is 2.75. The molecule has 1 amide bonds. The first-order valence-corrected chi connectivity index (χ1v) is 4.87. The molecule has 0 radical (unpaired) electrons. The Morgan fingerprint density at radius 2 is 2.20 bits per heavy atom. The molecule has 3 nitrogen and oxygen atoms in total.